The van der Waals surface area contributed by atoms with Gasteiger partial charge in [0.05, 0.1) is 17.0 Å². The van der Waals surface area contributed by atoms with Crippen LogP contribution in [0.4, 0.5) is 8.78 Å². The molecule has 38 heavy (non-hydrogen) atoms. The average molecular weight is 648 g/mol. The highest BCUT2D eigenvalue weighted by Crippen LogP contribution is 2.28. The lowest BCUT2D eigenvalue weighted by Crippen LogP contribution is -2.05. The van der Waals surface area contributed by atoms with Gasteiger partial charge in [0, 0.05) is 23.0 Å². The molecule has 4 nitrogen and oxygen atoms in total. The molecule has 4 aromatic carbocycles. The van der Waals surface area contributed by atoms with Gasteiger partial charge in [-0.15, -0.1) is 0 Å². The van der Waals surface area contributed by atoms with Gasteiger partial charge in [0.2, 0.25) is 0 Å². The third kappa shape index (κ3) is 9.04. The van der Waals surface area contributed by atoms with Gasteiger partial charge in [-0.2, -0.15) is 0 Å². The highest BCUT2D eigenvalue weighted by atomic mass is 79.9. The van der Waals surface area contributed by atoms with Crippen molar-refractivity contribution in [3.63, 3.8) is 0 Å². The monoisotopic (exact) mass is 646 g/mol. The second-order valence-electron chi connectivity index (χ2n) is 8.10. The second kappa shape index (κ2) is 15.4. The van der Waals surface area contributed by atoms with E-state index in [-0.39, 0.29) is 22.7 Å². The Balaban J connectivity index is 0.000000211. The largest absolute Gasteiger partial charge is 0.488 e. The Morgan fingerprint density at radius 1 is 0.737 bits per heavy atom. The summed E-state index contributed by atoms with van der Waals surface area (Å²) in [4.78, 5) is 11.7. The fourth-order valence-electron chi connectivity index (χ4n) is 3.38. The summed E-state index contributed by atoms with van der Waals surface area (Å²) in [5.41, 5.74) is 2.92. The summed E-state index contributed by atoms with van der Waals surface area (Å²) in [6.07, 6.45) is -0.716. The van der Waals surface area contributed by atoms with Crippen molar-refractivity contribution < 1.29 is 28.2 Å². The van der Waals surface area contributed by atoms with Gasteiger partial charge in [-0.25, -0.2) is 8.78 Å². The maximum atomic E-state index is 13.3. The minimum Gasteiger partial charge on any atom is -0.488 e. The number of halogens is 4. The Labute approximate surface area is 237 Å². The first-order valence-corrected chi connectivity index (χ1v) is 13.9. The second-order valence-corrected chi connectivity index (χ2v) is 9.31. The van der Waals surface area contributed by atoms with E-state index in [1.165, 1.54) is 30.3 Å². The molecule has 0 fully saturated rings. The number of Topliss-reactive ketones (excluding diaryl/α,β-unsaturated/α-hetero) is 1. The van der Waals surface area contributed by atoms with Gasteiger partial charge in [-0.1, -0.05) is 92.5 Å². The molecule has 4 aromatic rings. The number of ketones is 1. The highest BCUT2D eigenvalue weighted by molar-refractivity contribution is 9.09. The molecule has 0 aromatic heterocycles. The van der Waals surface area contributed by atoms with E-state index in [9.17, 15) is 18.7 Å². The van der Waals surface area contributed by atoms with Crippen molar-refractivity contribution in [1.82, 2.24) is 0 Å². The van der Waals surface area contributed by atoms with Crippen molar-refractivity contribution in [3.8, 4) is 11.5 Å². The maximum absolute atomic E-state index is 13.3. The van der Waals surface area contributed by atoms with Crippen molar-refractivity contribution in [1.29, 1.82) is 0 Å². The normalized spacial score (nSPS) is 11.2. The Hall–Kier alpha value is -3.07. The number of benzene rings is 4. The number of rotatable bonds is 10. The quantitative estimate of drug-likeness (QED) is 0.141. The number of ether oxygens (including phenoxy) is 2. The number of carbonyl (C=O) groups is 1. The van der Waals surface area contributed by atoms with Crippen LogP contribution in [0.2, 0.25) is 0 Å². The maximum Gasteiger partial charge on any atom is 0.177 e. The summed E-state index contributed by atoms with van der Waals surface area (Å²) in [7, 11) is 0. The van der Waals surface area contributed by atoms with Crippen LogP contribution >= 0.6 is 31.9 Å². The minimum absolute atomic E-state index is 0.136. The first-order valence-electron chi connectivity index (χ1n) is 11.7. The summed E-state index contributed by atoms with van der Waals surface area (Å²) < 4.78 is 37.7. The Bertz CT molecular complexity index is 1300. The van der Waals surface area contributed by atoms with Crippen molar-refractivity contribution in [2.45, 2.75) is 19.3 Å². The standard InChI is InChI=1S/C15H14BrFO2.C15H12BrFO2/c2*16-9-14(18)13-7-6-12(17)8-15(13)19-10-11-4-2-1-3-5-11/h1-8,14,18H,9-10H2;1-8H,9-10H2/t14-;/m0./s1. The van der Waals surface area contributed by atoms with Gasteiger partial charge < -0.3 is 14.6 Å². The van der Waals surface area contributed by atoms with Crippen LogP contribution < -0.4 is 9.47 Å². The number of hydrogen-bond donors (Lipinski definition) is 1. The predicted molar refractivity (Wildman–Crippen MR) is 151 cm³/mol. The molecule has 0 aliphatic heterocycles. The van der Waals surface area contributed by atoms with Crippen LogP contribution in [0, 0.1) is 11.6 Å². The fourth-order valence-corrected chi connectivity index (χ4v) is 4.03. The van der Waals surface area contributed by atoms with Crippen molar-refractivity contribution >= 4 is 37.6 Å². The molecule has 1 N–H and O–H groups in total. The van der Waals surface area contributed by atoms with Crippen LogP contribution in [0.5, 0.6) is 11.5 Å². The van der Waals surface area contributed by atoms with E-state index in [4.69, 9.17) is 9.47 Å². The predicted octanol–water partition coefficient (Wildman–Crippen LogP) is 7.82. The average Bonchev–Trinajstić information content (AvgIpc) is 2.95. The van der Waals surface area contributed by atoms with E-state index >= 15 is 0 Å². The molecule has 4 rings (SSSR count). The molecule has 0 aliphatic carbocycles. The molecule has 0 bridgehead atoms. The van der Waals surface area contributed by atoms with Crippen molar-refractivity contribution in [2.24, 2.45) is 0 Å². The molecule has 0 aliphatic rings. The van der Waals surface area contributed by atoms with Gasteiger partial charge in [0.1, 0.15) is 36.3 Å². The van der Waals surface area contributed by atoms with E-state index in [0.717, 1.165) is 11.1 Å². The van der Waals surface area contributed by atoms with Gasteiger partial charge >= 0.3 is 0 Å². The lowest BCUT2D eigenvalue weighted by atomic mass is 10.1. The molecule has 0 heterocycles. The SMILES string of the molecule is O=C(CBr)c1ccc(F)cc1OCc1ccccc1.O[C@@H](CBr)c1ccc(F)cc1OCc1ccccc1. The molecule has 0 saturated heterocycles. The molecule has 1 atom stereocenters. The smallest absolute Gasteiger partial charge is 0.177 e. The van der Waals surface area contributed by atoms with Gasteiger partial charge in [-0.3, -0.25) is 4.79 Å². The number of alkyl halides is 2. The Kier molecular flexibility index (Phi) is 11.9. The molecular weight excluding hydrogens is 622 g/mol. The van der Waals surface area contributed by atoms with Crippen LogP contribution in [0.1, 0.15) is 33.2 Å². The minimum atomic E-state index is -0.716. The molecule has 0 unspecified atom stereocenters. The zero-order valence-corrected chi connectivity index (χ0v) is 23.5. The molecule has 0 amide bonds. The fraction of sp³-hybridized carbons (Fsp3) is 0.167. The number of aliphatic hydroxyl groups is 1. The van der Waals surface area contributed by atoms with Crippen LogP contribution in [0.3, 0.4) is 0 Å². The zero-order chi connectivity index (χ0) is 27.3. The first-order chi connectivity index (χ1) is 18.4. The number of carbonyl (C=O) groups excluding carboxylic acids is 1. The summed E-state index contributed by atoms with van der Waals surface area (Å²) >= 11 is 6.30. The van der Waals surface area contributed by atoms with Crippen LogP contribution in [0.15, 0.2) is 97.1 Å². The summed E-state index contributed by atoms with van der Waals surface area (Å²) in [5, 5.41) is 10.4. The summed E-state index contributed by atoms with van der Waals surface area (Å²) in [5.74, 6) is -0.296. The van der Waals surface area contributed by atoms with Crippen LogP contribution in [-0.2, 0) is 13.2 Å². The summed E-state index contributed by atoms with van der Waals surface area (Å²) in [6.45, 7) is 0.638. The van der Waals surface area contributed by atoms with E-state index in [1.54, 1.807) is 6.07 Å². The van der Waals surface area contributed by atoms with E-state index in [1.807, 2.05) is 60.7 Å². The topological polar surface area (TPSA) is 55.8 Å². The van der Waals surface area contributed by atoms with Gasteiger partial charge in [-0.05, 0) is 35.4 Å². The molecule has 0 saturated carbocycles. The van der Waals surface area contributed by atoms with E-state index in [2.05, 4.69) is 31.9 Å². The lowest BCUT2D eigenvalue weighted by Gasteiger charge is -2.14. The van der Waals surface area contributed by atoms with Crippen molar-refractivity contribution in [3.05, 3.63) is 131 Å². The lowest BCUT2D eigenvalue weighted by molar-refractivity contribution is 0.101. The Morgan fingerprint density at radius 2 is 1.24 bits per heavy atom. The van der Waals surface area contributed by atoms with Crippen LogP contribution in [-0.4, -0.2) is 21.5 Å². The zero-order valence-electron chi connectivity index (χ0n) is 20.3. The number of hydrogen-bond acceptors (Lipinski definition) is 4. The molecular formula is C30H26Br2F2O4. The van der Waals surface area contributed by atoms with Crippen LogP contribution in [0.25, 0.3) is 0 Å². The van der Waals surface area contributed by atoms with Gasteiger partial charge in [0.15, 0.2) is 5.78 Å². The Morgan fingerprint density at radius 3 is 1.76 bits per heavy atom. The van der Waals surface area contributed by atoms with Gasteiger partial charge in [0.25, 0.3) is 0 Å². The third-order valence-corrected chi connectivity index (χ3v) is 6.44. The van der Waals surface area contributed by atoms with E-state index < -0.39 is 11.9 Å². The molecule has 0 radical (unpaired) electrons. The van der Waals surface area contributed by atoms with E-state index in [0.29, 0.717) is 35.4 Å². The molecule has 0 spiro atoms. The van der Waals surface area contributed by atoms with Crippen molar-refractivity contribution in [2.75, 3.05) is 10.7 Å². The third-order valence-electron chi connectivity index (χ3n) is 5.32. The molecule has 198 valence electrons. The highest BCUT2D eigenvalue weighted by Gasteiger charge is 2.14. The first kappa shape index (κ1) is 29.5. The molecule has 8 heteroatoms. The number of aliphatic hydroxyl groups excluding tert-OH is 1. The summed E-state index contributed by atoms with van der Waals surface area (Å²) in [6, 6.07) is 27.2.